The van der Waals surface area contributed by atoms with Gasteiger partial charge in [-0.1, -0.05) is 35.9 Å². The van der Waals surface area contributed by atoms with Crippen LogP contribution in [0.4, 0.5) is 0 Å². The summed E-state index contributed by atoms with van der Waals surface area (Å²) in [6, 6.07) is 11.3. The van der Waals surface area contributed by atoms with Crippen LogP contribution in [-0.4, -0.2) is 12.6 Å². The van der Waals surface area contributed by atoms with Gasteiger partial charge in [0.1, 0.15) is 0 Å². The fourth-order valence-electron chi connectivity index (χ4n) is 2.74. The maximum absolute atomic E-state index is 12.4. The molecule has 0 N–H and O–H groups in total. The summed E-state index contributed by atoms with van der Waals surface area (Å²) in [5.74, 6) is 1.27. The van der Waals surface area contributed by atoms with E-state index in [9.17, 15) is 4.79 Å². The van der Waals surface area contributed by atoms with E-state index in [1.54, 1.807) is 6.07 Å². The van der Waals surface area contributed by atoms with Crippen molar-refractivity contribution in [2.75, 3.05) is 6.79 Å². The highest BCUT2D eigenvalue weighted by molar-refractivity contribution is 6.32. The van der Waals surface area contributed by atoms with Gasteiger partial charge in [0.15, 0.2) is 17.3 Å². The van der Waals surface area contributed by atoms with Gasteiger partial charge in [-0.15, -0.1) is 0 Å². The Hall–Kier alpha value is -2.26. The highest BCUT2D eigenvalue weighted by Gasteiger charge is 2.24. The van der Waals surface area contributed by atoms with Crippen LogP contribution in [0.3, 0.4) is 0 Å². The average molecular weight is 299 g/mol. The number of hydrogen-bond donors (Lipinski definition) is 0. The van der Waals surface area contributed by atoms with Crippen LogP contribution < -0.4 is 9.47 Å². The van der Waals surface area contributed by atoms with Gasteiger partial charge < -0.3 is 9.47 Å². The van der Waals surface area contributed by atoms with Gasteiger partial charge in [-0.2, -0.15) is 0 Å². The first-order valence-electron chi connectivity index (χ1n) is 6.65. The SMILES string of the molecule is O=C1/C(=C/c2cc(Cl)c3c(c2)OCO3)Cc2ccccc21. The van der Waals surface area contributed by atoms with Crippen LogP contribution in [0, 0.1) is 0 Å². The zero-order chi connectivity index (χ0) is 14.4. The molecule has 2 aliphatic rings. The Balaban J connectivity index is 1.74. The van der Waals surface area contributed by atoms with E-state index in [2.05, 4.69) is 0 Å². The van der Waals surface area contributed by atoms with Crippen LogP contribution in [0.25, 0.3) is 6.08 Å². The van der Waals surface area contributed by atoms with Crippen LogP contribution in [0.15, 0.2) is 42.0 Å². The lowest BCUT2D eigenvalue weighted by Gasteiger charge is -2.02. The molecule has 0 spiro atoms. The van der Waals surface area contributed by atoms with Gasteiger partial charge in [0.2, 0.25) is 6.79 Å². The van der Waals surface area contributed by atoms with E-state index in [0.29, 0.717) is 22.9 Å². The number of ether oxygens (including phenoxy) is 2. The second-order valence-corrected chi connectivity index (χ2v) is 5.48. The number of ketones is 1. The first-order valence-corrected chi connectivity index (χ1v) is 7.02. The van der Waals surface area contributed by atoms with E-state index in [4.69, 9.17) is 21.1 Å². The minimum Gasteiger partial charge on any atom is -0.454 e. The summed E-state index contributed by atoms with van der Waals surface area (Å²) in [6.45, 7) is 0.180. The van der Waals surface area contributed by atoms with E-state index in [1.807, 2.05) is 36.4 Å². The van der Waals surface area contributed by atoms with Crippen molar-refractivity contribution >= 4 is 23.5 Å². The number of carbonyl (C=O) groups excluding carboxylic acids is 1. The Labute approximate surface area is 126 Å². The molecule has 104 valence electrons. The van der Waals surface area contributed by atoms with Crippen molar-refractivity contribution in [2.24, 2.45) is 0 Å². The molecule has 0 bridgehead atoms. The molecule has 0 amide bonds. The molecule has 1 heterocycles. The van der Waals surface area contributed by atoms with Gasteiger partial charge in [-0.25, -0.2) is 0 Å². The van der Waals surface area contributed by atoms with E-state index in [-0.39, 0.29) is 12.6 Å². The molecule has 0 unspecified atom stereocenters. The van der Waals surface area contributed by atoms with Gasteiger partial charge in [0, 0.05) is 17.6 Å². The Bertz CT molecular complexity index is 793. The Morgan fingerprint density at radius 1 is 1.14 bits per heavy atom. The lowest BCUT2D eigenvalue weighted by molar-refractivity contribution is 0.104. The number of allylic oxidation sites excluding steroid dienone is 1. The number of fused-ring (bicyclic) bond motifs is 2. The highest BCUT2D eigenvalue weighted by Crippen LogP contribution is 2.40. The Morgan fingerprint density at radius 3 is 2.86 bits per heavy atom. The number of Topliss-reactive ketones (excluding diaryl/α,β-unsaturated/α-hetero) is 1. The molecule has 2 aromatic rings. The summed E-state index contributed by atoms with van der Waals surface area (Å²) in [5.41, 5.74) is 3.47. The number of carbonyl (C=O) groups is 1. The van der Waals surface area contributed by atoms with Gasteiger partial charge in [0.05, 0.1) is 5.02 Å². The van der Waals surface area contributed by atoms with Crippen molar-refractivity contribution in [3.05, 3.63) is 63.7 Å². The van der Waals surface area contributed by atoms with Crippen molar-refractivity contribution in [3.8, 4) is 11.5 Å². The largest absolute Gasteiger partial charge is 0.454 e. The van der Waals surface area contributed by atoms with Crippen molar-refractivity contribution in [1.82, 2.24) is 0 Å². The number of rotatable bonds is 1. The van der Waals surface area contributed by atoms with Gasteiger partial charge in [-0.05, 0) is 29.3 Å². The van der Waals surface area contributed by atoms with Crippen LogP contribution in [0.5, 0.6) is 11.5 Å². The van der Waals surface area contributed by atoms with Crippen LogP contribution in [-0.2, 0) is 6.42 Å². The summed E-state index contributed by atoms with van der Waals surface area (Å²) in [6.07, 6.45) is 2.53. The van der Waals surface area contributed by atoms with Crippen molar-refractivity contribution < 1.29 is 14.3 Å². The van der Waals surface area contributed by atoms with Crippen LogP contribution in [0.2, 0.25) is 5.02 Å². The first kappa shape index (κ1) is 12.5. The highest BCUT2D eigenvalue weighted by atomic mass is 35.5. The monoisotopic (exact) mass is 298 g/mol. The fourth-order valence-corrected chi connectivity index (χ4v) is 3.02. The second-order valence-electron chi connectivity index (χ2n) is 5.07. The molecule has 21 heavy (non-hydrogen) atoms. The zero-order valence-corrected chi connectivity index (χ0v) is 11.8. The molecule has 2 aromatic carbocycles. The second kappa shape index (κ2) is 4.64. The number of halogens is 1. The molecule has 0 atom stereocenters. The van der Waals surface area contributed by atoms with Crippen LogP contribution in [0.1, 0.15) is 21.5 Å². The molecular weight excluding hydrogens is 288 g/mol. The minimum absolute atomic E-state index is 0.0828. The molecule has 0 saturated carbocycles. The fraction of sp³-hybridized carbons (Fsp3) is 0.118. The zero-order valence-electron chi connectivity index (χ0n) is 11.1. The third-order valence-corrected chi connectivity index (χ3v) is 4.01. The summed E-state index contributed by atoms with van der Waals surface area (Å²) in [7, 11) is 0. The lowest BCUT2D eigenvalue weighted by atomic mass is 10.1. The Kier molecular flexibility index (Phi) is 2.76. The van der Waals surface area contributed by atoms with Crippen molar-refractivity contribution in [3.63, 3.8) is 0 Å². The van der Waals surface area contributed by atoms with E-state index in [1.165, 1.54) is 0 Å². The van der Waals surface area contributed by atoms with E-state index < -0.39 is 0 Å². The molecule has 4 rings (SSSR count). The topological polar surface area (TPSA) is 35.5 Å². The van der Waals surface area contributed by atoms with Gasteiger partial charge >= 0.3 is 0 Å². The molecule has 0 aromatic heterocycles. The van der Waals surface area contributed by atoms with Crippen LogP contribution >= 0.6 is 11.6 Å². The molecule has 0 radical (unpaired) electrons. The smallest absolute Gasteiger partial charge is 0.231 e. The minimum atomic E-state index is 0.0828. The molecule has 0 saturated heterocycles. The standard InChI is InChI=1S/C17H11ClO3/c18-14-6-10(7-15-17(14)21-9-20-15)5-12-8-11-3-1-2-4-13(11)16(12)19/h1-7H,8-9H2/b12-5+. The third-order valence-electron chi connectivity index (χ3n) is 3.72. The normalized spacial score (nSPS) is 17.4. The molecule has 0 fully saturated rings. The van der Waals surface area contributed by atoms with Gasteiger partial charge in [-0.3, -0.25) is 4.79 Å². The maximum Gasteiger partial charge on any atom is 0.231 e. The van der Waals surface area contributed by atoms with Crippen molar-refractivity contribution in [1.29, 1.82) is 0 Å². The molecular formula is C17H11ClO3. The summed E-state index contributed by atoms with van der Waals surface area (Å²) < 4.78 is 10.6. The summed E-state index contributed by atoms with van der Waals surface area (Å²) in [4.78, 5) is 12.4. The van der Waals surface area contributed by atoms with E-state index in [0.717, 1.165) is 22.3 Å². The summed E-state index contributed by atoms with van der Waals surface area (Å²) in [5, 5.41) is 0.500. The maximum atomic E-state index is 12.4. The number of benzene rings is 2. The van der Waals surface area contributed by atoms with Gasteiger partial charge in [0.25, 0.3) is 0 Å². The first-order chi connectivity index (χ1) is 10.2. The quantitative estimate of drug-likeness (QED) is 0.749. The third kappa shape index (κ3) is 2.01. The summed E-state index contributed by atoms with van der Waals surface area (Å²) >= 11 is 6.17. The average Bonchev–Trinajstić information content (AvgIpc) is 3.06. The predicted molar refractivity (Wildman–Crippen MR) is 80.0 cm³/mol. The lowest BCUT2D eigenvalue weighted by Crippen LogP contribution is -1.95. The Morgan fingerprint density at radius 2 is 2.00 bits per heavy atom. The molecule has 1 aliphatic carbocycles. The molecule has 1 aliphatic heterocycles. The molecule has 4 heteroatoms. The number of hydrogen-bond acceptors (Lipinski definition) is 3. The van der Waals surface area contributed by atoms with E-state index >= 15 is 0 Å². The van der Waals surface area contributed by atoms with Crippen molar-refractivity contribution in [2.45, 2.75) is 6.42 Å². The predicted octanol–water partition coefficient (Wildman–Crippen LogP) is 3.89. The molecule has 3 nitrogen and oxygen atoms in total.